The maximum atomic E-state index is 13.1. The van der Waals surface area contributed by atoms with Crippen LogP contribution in [-0.2, 0) is 65.4 Å². The topological polar surface area (TPSA) is 237 Å². The van der Waals surface area contributed by atoms with Gasteiger partial charge >= 0.3 is 39.5 Å². The standard InChI is InChI=1S/C82H160O17P2/c1-8-10-11-12-13-14-15-16-19-23-26-35-42-49-56-63-79(84)92-69-77(98-81(86)65-58-51-44-37-27-24-21-18-17-20-22-25-32-39-46-53-60-73(3)4)71-96-100(88,89)94-67-76(83)68-95-101(90,91)97-72-78(70-93-80(85)64-57-50-43-36-30-28-33-40-47-54-61-74(5)6)99-82(87)66-59-52-45-38-31-29-34-41-48-55-62-75(7)9-2/h73-78,83H,8-72H2,1-7H3,(H,88,89)(H,90,91)/t75?,76-,77-,78-/m1/s1. The van der Waals surface area contributed by atoms with Crippen LogP contribution in [0.1, 0.15) is 427 Å². The molecule has 600 valence electrons. The molecule has 0 rings (SSSR count). The molecule has 3 N–H and O–H groups in total. The van der Waals surface area contributed by atoms with Gasteiger partial charge in [0.05, 0.1) is 26.4 Å². The van der Waals surface area contributed by atoms with Crippen LogP contribution >= 0.6 is 15.6 Å². The Hall–Kier alpha value is -1.94. The molecule has 3 unspecified atom stereocenters. The Morgan fingerprint density at radius 1 is 0.287 bits per heavy atom. The van der Waals surface area contributed by atoms with Crippen LogP contribution in [0.25, 0.3) is 0 Å². The molecule has 0 fully saturated rings. The predicted octanol–water partition coefficient (Wildman–Crippen LogP) is 24.5. The molecular weight excluding hydrogens is 1320 g/mol. The van der Waals surface area contributed by atoms with Crippen molar-refractivity contribution in [1.29, 1.82) is 0 Å². The van der Waals surface area contributed by atoms with Crippen molar-refractivity contribution in [2.75, 3.05) is 39.6 Å². The maximum absolute atomic E-state index is 13.1. The molecule has 101 heavy (non-hydrogen) atoms. The van der Waals surface area contributed by atoms with Gasteiger partial charge in [0.1, 0.15) is 19.3 Å². The van der Waals surface area contributed by atoms with Crippen LogP contribution < -0.4 is 0 Å². The van der Waals surface area contributed by atoms with E-state index in [4.69, 9.17) is 37.0 Å². The summed E-state index contributed by atoms with van der Waals surface area (Å²) in [6.45, 7) is 12.0. The third-order valence-corrected chi connectivity index (χ3v) is 21.4. The number of esters is 4. The number of phosphoric acid groups is 2. The van der Waals surface area contributed by atoms with Gasteiger partial charge in [-0.1, -0.05) is 376 Å². The minimum absolute atomic E-state index is 0.106. The van der Waals surface area contributed by atoms with Crippen molar-refractivity contribution in [1.82, 2.24) is 0 Å². The smallest absolute Gasteiger partial charge is 0.462 e. The number of ether oxygens (including phenoxy) is 4. The van der Waals surface area contributed by atoms with Gasteiger partial charge in [-0.2, -0.15) is 0 Å². The minimum Gasteiger partial charge on any atom is -0.462 e. The molecule has 6 atom stereocenters. The fourth-order valence-corrected chi connectivity index (χ4v) is 14.2. The van der Waals surface area contributed by atoms with Crippen LogP contribution in [0.4, 0.5) is 0 Å². The van der Waals surface area contributed by atoms with E-state index < -0.39 is 97.5 Å². The molecule has 0 saturated heterocycles. The van der Waals surface area contributed by atoms with Gasteiger partial charge in [0, 0.05) is 25.7 Å². The zero-order valence-electron chi connectivity index (χ0n) is 66.4. The largest absolute Gasteiger partial charge is 0.472 e. The van der Waals surface area contributed by atoms with Gasteiger partial charge in [-0.25, -0.2) is 9.13 Å². The van der Waals surface area contributed by atoms with Crippen LogP contribution in [0.2, 0.25) is 0 Å². The van der Waals surface area contributed by atoms with E-state index in [-0.39, 0.29) is 25.7 Å². The summed E-state index contributed by atoms with van der Waals surface area (Å²) in [5.41, 5.74) is 0. The number of carbonyl (C=O) groups is 4. The third kappa shape index (κ3) is 74.7. The highest BCUT2D eigenvalue weighted by Gasteiger charge is 2.30. The number of aliphatic hydroxyl groups excluding tert-OH is 1. The Morgan fingerprint density at radius 2 is 0.505 bits per heavy atom. The molecule has 0 aliphatic heterocycles. The van der Waals surface area contributed by atoms with Gasteiger partial charge in [-0.3, -0.25) is 37.3 Å². The molecule has 0 radical (unpaired) electrons. The van der Waals surface area contributed by atoms with Crippen LogP contribution in [0.15, 0.2) is 0 Å². The number of hydrogen-bond donors (Lipinski definition) is 3. The van der Waals surface area contributed by atoms with E-state index in [0.717, 1.165) is 108 Å². The molecule has 0 aliphatic carbocycles. The summed E-state index contributed by atoms with van der Waals surface area (Å²) in [4.78, 5) is 73.1. The van der Waals surface area contributed by atoms with Crippen LogP contribution in [0.5, 0.6) is 0 Å². The summed E-state index contributed by atoms with van der Waals surface area (Å²) in [5.74, 6) is 0.263. The van der Waals surface area contributed by atoms with Crippen molar-refractivity contribution in [3.63, 3.8) is 0 Å². The minimum atomic E-state index is -4.96. The highest BCUT2D eigenvalue weighted by atomic mass is 31.2. The summed E-state index contributed by atoms with van der Waals surface area (Å²) in [6.07, 6.45) is 60.9. The fourth-order valence-electron chi connectivity index (χ4n) is 12.6. The molecule has 17 nitrogen and oxygen atoms in total. The average Bonchev–Trinajstić information content (AvgIpc) is 0.943. The lowest BCUT2D eigenvalue weighted by molar-refractivity contribution is -0.161. The molecule has 0 aromatic carbocycles. The van der Waals surface area contributed by atoms with E-state index in [1.165, 1.54) is 238 Å². The van der Waals surface area contributed by atoms with Gasteiger partial charge in [-0.15, -0.1) is 0 Å². The van der Waals surface area contributed by atoms with Crippen LogP contribution in [0, 0.1) is 17.8 Å². The summed E-state index contributed by atoms with van der Waals surface area (Å²) in [6, 6.07) is 0. The van der Waals surface area contributed by atoms with E-state index in [1.807, 2.05) is 0 Å². The molecule has 0 aromatic heterocycles. The van der Waals surface area contributed by atoms with Crippen molar-refractivity contribution in [3.8, 4) is 0 Å². The van der Waals surface area contributed by atoms with Gasteiger partial charge in [0.15, 0.2) is 12.2 Å². The summed E-state index contributed by atoms with van der Waals surface area (Å²) >= 11 is 0. The predicted molar refractivity (Wildman–Crippen MR) is 414 cm³/mol. The zero-order valence-corrected chi connectivity index (χ0v) is 68.2. The van der Waals surface area contributed by atoms with Crippen molar-refractivity contribution >= 4 is 39.5 Å². The van der Waals surface area contributed by atoms with E-state index >= 15 is 0 Å². The third-order valence-electron chi connectivity index (χ3n) is 19.5. The fraction of sp³-hybridized carbons (Fsp3) is 0.951. The van der Waals surface area contributed by atoms with Gasteiger partial charge in [0.2, 0.25) is 0 Å². The molecule has 0 amide bonds. The van der Waals surface area contributed by atoms with E-state index in [9.17, 15) is 43.2 Å². The lowest BCUT2D eigenvalue weighted by Crippen LogP contribution is -2.30. The number of rotatable bonds is 80. The number of hydrogen-bond acceptors (Lipinski definition) is 15. The molecule has 0 aromatic rings. The van der Waals surface area contributed by atoms with Crippen molar-refractivity contribution < 1.29 is 80.2 Å². The summed E-state index contributed by atoms with van der Waals surface area (Å²) < 4.78 is 68.8. The number of phosphoric ester groups is 2. The van der Waals surface area contributed by atoms with Crippen molar-refractivity contribution in [2.45, 2.75) is 446 Å². The Morgan fingerprint density at radius 3 is 0.752 bits per heavy atom. The summed E-state index contributed by atoms with van der Waals surface area (Å²) in [5, 5.41) is 10.7. The van der Waals surface area contributed by atoms with Crippen molar-refractivity contribution in [3.05, 3.63) is 0 Å². The molecular formula is C82H160O17P2. The van der Waals surface area contributed by atoms with Gasteiger partial charge in [-0.05, 0) is 43.4 Å². The number of unbranched alkanes of at least 4 members (excludes halogenated alkanes) is 47. The monoisotopic (exact) mass is 1480 g/mol. The number of aliphatic hydroxyl groups is 1. The second-order valence-corrected chi connectivity index (χ2v) is 33.6. The molecule has 0 saturated carbocycles. The Bertz CT molecular complexity index is 1960. The molecule has 0 aliphatic rings. The van der Waals surface area contributed by atoms with Crippen LogP contribution in [-0.4, -0.2) is 96.7 Å². The van der Waals surface area contributed by atoms with E-state index in [2.05, 4.69) is 48.5 Å². The summed E-state index contributed by atoms with van der Waals surface area (Å²) in [7, 11) is -9.92. The first-order chi connectivity index (χ1) is 48.8. The number of carbonyl (C=O) groups excluding carboxylic acids is 4. The molecule has 0 spiro atoms. The van der Waals surface area contributed by atoms with Gasteiger partial charge in [0.25, 0.3) is 0 Å². The van der Waals surface area contributed by atoms with E-state index in [1.54, 1.807) is 0 Å². The first-order valence-corrected chi connectivity index (χ1v) is 45.4. The van der Waals surface area contributed by atoms with Crippen molar-refractivity contribution in [2.24, 2.45) is 17.8 Å². The van der Waals surface area contributed by atoms with E-state index in [0.29, 0.717) is 25.7 Å². The highest BCUT2D eigenvalue weighted by molar-refractivity contribution is 7.47. The second-order valence-electron chi connectivity index (χ2n) is 30.7. The second kappa shape index (κ2) is 72.3. The quantitative estimate of drug-likeness (QED) is 0.0222. The Balaban J connectivity index is 5.27. The average molecular weight is 1480 g/mol. The lowest BCUT2D eigenvalue weighted by atomic mass is 9.99. The highest BCUT2D eigenvalue weighted by Crippen LogP contribution is 2.45. The Labute approximate surface area is 619 Å². The first-order valence-electron chi connectivity index (χ1n) is 42.4. The molecule has 0 heterocycles. The lowest BCUT2D eigenvalue weighted by Gasteiger charge is -2.21. The molecule has 19 heteroatoms. The van der Waals surface area contributed by atoms with Crippen LogP contribution in [0.3, 0.4) is 0 Å². The SMILES string of the molecule is CCCCCCCCCCCCCCCCCC(=O)OC[C@H](COP(=O)(O)OC[C@@H](O)COP(=O)(O)OC[C@@H](COC(=O)CCCCCCCCCCCCC(C)C)OC(=O)CCCCCCCCCCCCC(C)CC)OC(=O)CCCCCCCCCCCCCCCCCCC(C)C. The van der Waals surface area contributed by atoms with Gasteiger partial charge < -0.3 is 33.8 Å². The normalized spacial score (nSPS) is 14.2. The first kappa shape index (κ1) is 99.1. The zero-order chi connectivity index (χ0) is 74.4. The maximum Gasteiger partial charge on any atom is 0.472 e. The molecule has 0 bridgehead atoms. The Kier molecular flexibility index (Phi) is 70.9.